The fraction of sp³-hybridized carbons (Fsp3) is 0.444. The van der Waals surface area contributed by atoms with E-state index in [9.17, 15) is 19.5 Å². The van der Waals surface area contributed by atoms with Crippen LogP contribution < -0.4 is 0 Å². The van der Waals surface area contributed by atoms with E-state index in [1.54, 1.807) is 28.8 Å². The van der Waals surface area contributed by atoms with Crippen LogP contribution in [0.2, 0.25) is 0 Å². The second-order valence-electron chi connectivity index (χ2n) is 9.89. The summed E-state index contributed by atoms with van der Waals surface area (Å²) in [5.41, 5.74) is 3.64. The van der Waals surface area contributed by atoms with Gasteiger partial charge in [-0.15, -0.1) is 0 Å². The van der Waals surface area contributed by atoms with Gasteiger partial charge >= 0.3 is 0 Å². The number of amides is 3. The Kier molecular flexibility index (Phi) is 5.90. The van der Waals surface area contributed by atoms with Gasteiger partial charge in [-0.2, -0.15) is 0 Å². The minimum absolute atomic E-state index is 0.0124. The highest BCUT2D eigenvalue weighted by molar-refractivity contribution is 5.95. The molecule has 2 aromatic rings. The summed E-state index contributed by atoms with van der Waals surface area (Å²) in [6.07, 6.45) is 2.92. The van der Waals surface area contributed by atoms with Gasteiger partial charge in [0, 0.05) is 38.0 Å². The average molecular weight is 462 g/mol. The maximum atomic E-state index is 12.8. The van der Waals surface area contributed by atoms with Crippen molar-refractivity contribution in [2.45, 2.75) is 37.3 Å². The summed E-state index contributed by atoms with van der Waals surface area (Å²) in [6, 6.07) is 15.3. The van der Waals surface area contributed by atoms with Crippen LogP contribution in [-0.4, -0.2) is 83.4 Å². The molecule has 0 unspecified atom stereocenters. The minimum atomic E-state index is -0.259. The summed E-state index contributed by atoms with van der Waals surface area (Å²) < 4.78 is 0. The van der Waals surface area contributed by atoms with Crippen LogP contribution in [-0.2, 0) is 9.59 Å². The van der Waals surface area contributed by atoms with E-state index in [1.807, 2.05) is 48.5 Å². The highest BCUT2D eigenvalue weighted by Crippen LogP contribution is 2.44. The van der Waals surface area contributed by atoms with E-state index in [0.29, 0.717) is 12.1 Å². The van der Waals surface area contributed by atoms with Crippen molar-refractivity contribution in [2.75, 3.05) is 33.8 Å². The van der Waals surface area contributed by atoms with Crippen LogP contribution in [0, 0.1) is 5.92 Å². The summed E-state index contributed by atoms with van der Waals surface area (Å²) in [6.45, 7) is 0.550. The second kappa shape index (κ2) is 8.87. The first kappa shape index (κ1) is 22.6. The van der Waals surface area contributed by atoms with Gasteiger partial charge in [0.2, 0.25) is 11.8 Å². The fourth-order valence-corrected chi connectivity index (χ4v) is 5.57. The molecule has 2 heterocycles. The Bertz CT molecular complexity index is 1110. The smallest absolute Gasteiger partial charge is 0.253 e. The summed E-state index contributed by atoms with van der Waals surface area (Å²) in [5.74, 6) is 0.0514. The van der Waals surface area contributed by atoms with Crippen molar-refractivity contribution in [1.82, 2.24) is 14.7 Å². The number of hydrogen-bond acceptors (Lipinski definition) is 4. The van der Waals surface area contributed by atoms with Gasteiger partial charge in [0.1, 0.15) is 0 Å². The molecule has 2 aliphatic heterocycles. The maximum absolute atomic E-state index is 12.8. The average Bonchev–Trinajstić information content (AvgIpc) is 2.79. The monoisotopic (exact) mass is 461 g/mol. The number of nitrogens with zero attached hydrogens (tertiary/aromatic N) is 3. The third kappa shape index (κ3) is 3.78. The van der Waals surface area contributed by atoms with Gasteiger partial charge in [0.05, 0.1) is 25.2 Å². The largest absolute Gasteiger partial charge is 0.394 e. The Morgan fingerprint density at radius 3 is 2.41 bits per heavy atom. The number of carbonyl (C=O) groups is 3. The van der Waals surface area contributed by atoms with Crippen molar-refractivity contribution in [3.63, 3.8) is 0 Å². The van der Waals surface area contributed by atoms with Crippen molar-refractivity contribution in [2.24, 2.45) is 5.92 Å². The van der Waals surface area contributed by atoms with E-state index in [0.717, 1.165) is 36.0 Å². The number of aliphatic hydroxyl groups is 1. The maximum Gasteiger partial charge on any atom is 0.253 e. The molecule has 1 N–H and O–H groups in total. The van der Waals surface area contributed by atoms with Gasteiger partial charge in [-0.25, -0.2) is 0 Å². The number of rotatable bonds is 5. The molecule has 3 aliphatic rings. The lowest BCUT2D eigenvalue weighted by molar-refractivity contribution is -0.169. The summed E-state index contributed by atoms with van der Waals surface area (Å²) in [4.78, 5) is 43.0. The zero-order valence-electron chi connectivity index (χ0n) is 19.7. The molecule has 1 saturated carbocycles. The standard InChI is InChI=1S/C27H31N3O4/c1-28(2)26(33)21-8-4-7-20(13-21)17-9-11-18(12-10-17)25-22-14-29(27(34)19-5-3-6-19)15-24(32)30(22)23(25)16-31/h4,7-13,19,22-23,25,31H,3,5-6,14-16H2,1-2H3/t22-,23+,25+/m0/s1. The molecule has 0 radical (unpaired) electrons. The van der Waals surface area contributed by atoms with Crippen LogP contribution in [0.1, 0.15) is 41.1 Å². The van der Waals surface area contributed by atoms with Gasteiger partial charge < -0.3 is 19.8 Å². The molecular formula is C27H31N3O4. The molecule has 1 aliphatic carbocycles. The molecule has 0 spiro atoms. The lowest BCUT2D eigenvalue weighted by Gasteiger charge is -2.59. The topological polar surface area (TPSA) is 81.2 Å². The molecule has 2 aromatic carbocycles. The van der Waals surface area contributed by atoms with Gasteiger partial charge in [-0.1, -0.05) is 42.8 Å². The minimum Gasteiger partial charge on any atom is -0.394 e. The Balaban J connectivity index is 1.36. The van der Waals surface area contributed by atoms with Crippen molar-refractivity contribution in [1.29, 1.82) is 0 Å². The van der Waals surface area contributed by atoms with Crippen LogP contribution >= 0.6 is 0 Å². The predicted octanol–water partition coefficient (Wildman–Crippen LogP) is 2.35. The highest BCUT2D eigenvalue weighted by atomic mass is 16.3. The summed E-state index contributed by atoms with van der Waals surface area (Å²) >= 11 is 0. The fourth-order valence-electron chi connectivity index (χ4n) is 5.57. The lowest BCUT2D eigenvalue weighted by atomic mass is 9.73. The Labute approximate surface area is 200 Å². The quantitative estimate of drug-likeness (QED) is 0.741. The SMILES string of the molecule is CN(C)C(=O)c1cccc(-c2ccc([C@H]3[C@@H](CO)N4C(=O)CN(C(=O)C5CCC5)C[C@@H]34)cc2)c1. The van der Waals surface area contributed by atoms with E-state index < -0.39 is 0 Å². The molecule has 3 atom stereocenters. The van der Waals surface area contributed by atoms with Crippen LogP contribution in [0.4, 0.5) is 0 Å². The zero-order valence-corrected chi connectivity index (χ0v) is 19.7. The van der Waals surface area contributed by atoms with E-state index in [2.05, 4.69) is 0 Å². The molecule has 3 fully saturated rings. The van der Waals surface area contributed by atoms with Crippen LogP contribution in [0.25, 0.3) is 11.1 Å². The second-order valence-corrected chi connectivity index (χ2v) is 9.89. The van der Waals surface area contributed by atoms with Gasteiger partial charge in [-0.05, 0) is 41.7 Å². The van der Waals surface area contributed by atoms with Crippen molar-refractivity contribution in [3.8, 4) is 11.1 Å². The van der Waals surface area contributed by atoms with E-state index >= 15 is 0 Å². The number of carbonyl (C=O) groups excluding carboxylic acids is 3. The first-order chi connectivity index (χ1) is 16.4. The molecule has 178 valence electrons. The summed E-state index contributed by atoms with van der Waals surface area (Å²) in [5, 5.41) is 10.0. The third-order valence-corrected chi connectivity index (χ3v) is 7.66. The zero-order chi connectivity index (χ0) is 24.0. The number of piperazine rings is 1. The van der Waals surface area contributed by atoms with Crippen LogP contribution in [0.3, 0.4) is 0 Å². The molecule has 34 heavy (non-hydrogen) atoms. The number of aliphatic hydroxyl groups excluding tert-OH is 1. The molecule has 0 aromatic heterocycles. The predicted molar refractivity (Wildman–Crippen MR) is 128 cm³/mol. The van der Waals surface area contributed by atoms with Crippen LogP contribution in [0.15, 0.2) is 48.5 Å². The molecule has 5 rings (SSSR count). The summed E-state index contributed by atoms with van der Waals surface area (Å²) in [7, 11) is 3.47. The molecule has 7 heteroatoms. The van der Waals surface area contributed by atoms with E-state index in [4.69, 9.17) is 0 Å². The Morgan fingerprint density at radius 1 is 1.06 bits per heavy atom. The number of benzene rings is 2. The van der Waals surface area contributed by atoms with E-state index in [-0.39, 0.29) is 54.8 Å². The highest BCUT2D eigenvalue weighted by Gasteiger charge is 2.54. The Hall–Kier alpha value is -3.19. The molecule has 3 amide bonds. The first-order valence-corrected chi connectivity index (χ1v) is 12.0. The first-order valence-electron chi connectivity index (χ1n) is 12.0. The molecule has 7 nitrogen and oxygen atoms in total. The van der Waals surface area contributed by atoms with Crippen molar-refractivity contribution in [3.05, 3.63) is 59.7 Å². The van der Waals surface area contributed by atoms with Gasteiger partial charge in [0.25, 0.3) is 5.91 Å². The third-order valence-electron chi connectivity index (χ3n) is 7.66. The van der Waals surface area contributed by atoms with Gasteiger partial charge in [-0.3, -0.25) is 14.4 Å². The number of fused-ring (bicyclic) bond motifs is 1. The molecule has 0 bridgehead atoms. The van der Waals surface area contributed by atoms with E-state index in [1.165, 1.54) is 0 Å². The molecule has 2 saturated heterocycles. The van der Waals surface area contributed by atoms with Crippen molar-refractivity contribution >= 4 is 17.7 Å². The van der Waals surface area contributed by atoms with Gasteiger partial charge in [0.15, 0.2) is 0 Å². The van der Waals surface area contributed by atoms with Crippen LogP contribution in [0.5, 0.6) is 0 Å². The Morgan fingerprint density at radius 2 is 1.79 bits per heavy atom. The molecular weight excluding hydrogens is 430 g/mol. The lowest BCUT2D eigenvalue weighted by Crippen LogP contribution is -2.73. The van der Waals surface area contributed by atoms with Crippen molar-refractivity contribution < 1.29 is 19.5 Å². The normalized spacial score (nSPS) is 24.2. The number of hydrogen-bond donors (Lipinski definition) is 1.